The highest BCUT2D eigenvalue weighted by Crippen LogP contribution is 2.20. The van der Waals surface area contributed by atoms with Crippen LogP contribution in [0.2, 0.25) is 0 Å². The lowest BCUT2D eigenvalue weighted by Gasteiger charge is -2.12. The maximum Gasteiger partial charge on any atom is 0.289 e. The third kappa shape index (κ3) is 2.12. The summed E-state index contributed by atoms with van der Waals surface area (Å²) in [5, 5.41) is 3.23. The number of hydrogen-bond donors (Lipinski definition) is 1. The maximum absolute atomic E-state index is 5.34. The summed E-state index contributed by atoms with van der Waals surface area (Å²) in [7, 11) is 0. The molecule has 0 fully saturated rings. The van der Waals surface area contributed by atoms with Crippen LogP contribution in [0.1, 0.15) is 18.1 Å². The van der Waals surface area contributed by atoms with Gasteiger partial charge in [-0.2, -0.15) is 0 Å². The number of rotatable bonds is 2. The Bertz CT molecular complexity index is 385. The number of aliphatic imine (C=N–C) groups is 1. The van der Waals surface area contributed by atoms with E-state index in [1.54, 1.807) is 0 Å². The standard InChI is InChI=1S/C12H16N2O/c1-3-10-9(2)5-4-6-11(10)14-12-13-7-8-15-12/h4-6H,3,7-8H2,1-2H3,(H,13,14). The second-order valence-electron chi connectivity index (χ2n) is 3.61. The van der Waals surface area contributed by atoms with Crippen LogP contribution in [-0.2, 0) is 11.2 Å². The SMILES string of the molecule is CCc1c(C)cccc1NC1=NCCO1. The highest BCUT2D eigenvalue weighted by atomic mass is 16.5. The Morgan fingerprint density at radius 3 is 3.00 bits per heavy atom. The van der Waals surface area contributed by atoms with Gasteiger partial charge in [0.1, 0.15) is 6.61 Å². The van der Waals surface area contributed by atoms with E-state index >= 15 is 0 Å². The number of benzene rings is 1. The van der Waals surface area contributed by atoms with Crippen LogP contribution in [0.25, 0.3) is 0 Å². The summed E-state index contributed by atoms with van der Waals surface area (Å²) in [6, 6.07) is 6.89. The lowest BCUT2D eigenvalue weighted by atomic mass is 10.0. The zero-order valence-corrected chi connectivity index (χ0v) is 9.21. The van der Waals surface area contributed by atoms with Gasteiger partial charge in [0, 0.05) is 5.69 Å². The van der Waals surface area contributed by atoms with Crippen molar-refractivity contribution in [3.63, 3.8) is 0 Å². The molecule has 1 aromatic carbocycles. The van der Waals surface area contributed by atoms with Crippen LogP contribution >= 0.6 is 0 Å². The first-order chi connectivity index (χ1) is 7.31. The first-order valence-electron chi connectivity index (χ1n) is 5.34. The van der Waals surface area contributed by atoms with Gasteiger partial charge in [-0.3, -0.25) is 0 Å². The minimum atomic E-state index is 0.648. The molecule has 0 aliphatic carbocycles. The summed E-state index contributed by atoms with van der Waals surface area (Å²) >= 11 is 0. The topological polar surface area (TPSA) is 33.6 Å². The Hall–Kier alpha value is -1.51. The van der Waals surface area contributed by atoms with Crippen LogP contribution in [0.5, 0.6) is 0 Å². The van der Waals surface area contributed by atoms with Crippen molar-refractivity contribution in [2.75, 3.05) is 18.5 Å². The van der Waals surface area contributed by atoms with Gasteiger partial charge in [-0.05, 0) is 30.5 Å². The summed E-state index contributed by atoms with van der Waals surface area (Å²) in [4.78, 5) is 4.22. The van der Waals surface area contributed by atoms with E-state index in [1.165, 1.54) is 11.1 Å². The molecular formula is C12H16N2O. The fourth-order valence-corrected chi connectivity index (χ4v) is 1.81. The summed E-state index contributed by atoms with van der Waals surface area (Å²) < 4.78 is 5.34. The van der Waals surface area contributed by atoms with Crippen molar-refractivity contribution in [1.29, 1.82) is 0 Å². The molecule has 80 valence electrons. The average Bonchev–Trinajstić information content (AvgIpc) is 2.71. The number of anilines is 1. The molecule has 1 N–H and O–H groups in total. The zero-order valence-electron chi connectivity index (χ0n) is 9.21. The molecule has 0 atom stereocenters. The molecule has 0 radical (unpaired) electrons. The fourth-order valence-electron chi connectivity index (χ4n) is 1.81. The van der Waals surface area contributed by atoms with E-state index < -0.39 is 0 Å². The molecular weight excluding hydrogens is 188 g/mol. The van der Waals surface area contributed by atoms with Crippen molar-refractivity contribution >= 4 is 11.7 Å². The normalized spacial score (nSPS) is 14.7. The first kappa shape index (κ1) is 10.0. The van der Waals surface area contributed by atoms with E-state index in [0.717, 1.165) is 18.7 Å². The molecule has 3 heteroatoms. The van der Waals surface area contributed by atoms with Gasteiger partial charge in [0.25, 0.3) is 6.02 Å². The van der Waals surface area contributed by atoms with E-state index in [0.29, 0.717) is 12.6 Å². The lowest BCUT2D eigenvalue weighted by molar-refractivity contribution is 0.346. The van der Waals surface area contributed by atoms with Crippen molar-refractivity contribution in [3.05, 3.63) is 29.3 Å². The van der Waals surface area contributed by atoms with Gasteiger partial charge in [0.15, 0.2) is 0 Å². The van der Waals surface area contributed by atoms with E-state index in [9.17, 15) is 0 Å². The summed E-state index contributed by atoms with van der Waals surface area (Å²) in [6.45, 7) is 5.73. The van der Waals surface area contributed by atoms with Crippen LogP contribution in [0.3, 0.4) is 0 Å². The Morgan fingerprint density at radius 1 is 1.47 bits per heavy atom. The molecule has 0 aromatic heterocycles. The van der Waals surface area contributed by atoms with Crippen LogP contribution in [0.4, 0.5) is 5.69 Å². The molecule has 0 spiro atoms. The van der Waals surface area contributed by atoms with Gasteiger partial charge >= 0.3 is 0 Å². The van der Waals surface area contributed by atoms with E-state index in [2.05, 4.69) is 36.3 Å². The highest BCUT2D eigenvalue weighted by molar-refractivity contribution is 5.90. The van der Waals surface area contributed by atoms with Crippen molar-refractivity contribution < 1.29 is 4.74 Å². The van der Waals surface area contributed by atoms with Crippen LogP contribution in [-0.4, -0.2) is 19.2 Å². The van der Waals surface area contributed by atoms with E-state index in [1.807, 2.05) is 6.07 Å². The molecule has 0 unspecified atom stereocenters. The Labute approximate surface area is 90.2 Å². The molecule has 2 rings (SSSR count). The zero-order chi connectivity index (χ0) is 10.7. The summed E-state index contributed by atoms with van der Waals surface area (Å²) in [6.07, 6.45) is 1.02. The van der Waals surface area contributed by atoms with Crippen LogP contribution < -0.4 is 5.32 Å². The molecule has 1 aromatic rings. The summed E-state index contributed by atoms with van der Waals surface area (Å²) in [5.41, 5.74) is 3.75. The fraction of sp³-hybridized carbons (Fsp3) is 0.417. The number of ether oxygens (including phenoxy) is 1. The summed E-state index contributed by atoms with van der Waals surface area (Å²) in [5.74, 6) is 0. The minimum Gasteiger partial charge on any atom is -0.463 e. The molecule has 0 bridgehead atoms. The molecule has 0 saturated carbocycles. The van der Waals surface area contributed by atoms with Crippen molar-refractivity contribution in [1.82, 2.24) is 0 Å². The third-order valence-electron chi connectivity index (χ3n) is 2.59. The molecule has 1 aliphatic rings. The largest absolute Gasteiger partial charge is 0.463 e. The molecule has 1 heterocycles. The predicted octanol–water partition coefficient (Wildman–Crippen LogP) is 2.36. The van der Waals surface area contributed by atoms with Gasteiger partial charge in [-0.1, -0.05) is 19.1 Å². The molecule has 3 nitrogen and oxygen atoms in total. The number of nitrogens with zero attached hydrogens (tertiary/aromatic N) is 1. The molecule has 15 heavy (non-hydrogen) atoms. The van der Waals surface area contributed by atoms with Gasteiger partial charge in [-0.25, -0.2) is 4.99 Å². The van der Waals surface area contributed by atoms with E-state index in [4.69, 9.17) is 4.74 Å². The molecule has 1 aliphatic heterocycles. The van der Waals surface area contributed by atoms with Crippen molar-refractivity contribution in [3.8, 4) is 0 Å². The van der Waals surface area contributed by atoms with Gasteiger partial charge in [-0.15, -0.1) is 0 Å². The Balaban J connectivity index is 2.23. The van der Waals surface area contributed by atoms with Gasteiger partial charge < -0.3 is 10.1 Å². The smallest absolute Gasteiger partial charge is 0.289 e. The lowest BCUT2D eigenvalue weighted by Crippen LogP contribution is -2.13. The Morgan fingerprint density at radius 2 is 2.33 bits per heavy atom. The second kappa shape index (κ2) is 4.34. The van der Waals surface area contributed by atoms with Crippen LogP contribution in [0.15, 0.2) is 23.2 Å². The minimum absolute atomic E-state index is 0.648. The molecule has 0 saturated heterocycles. The van der Waals surface area contributed by atoms with Gasteiger partial charge in [0.05, 0.1) is 6.54 Å². The number of amidine groups is 1. The first-order valence-corrected chi connectivity index (χ1v) is 5.34. The number of hydrogen-bond acceptors (Lipinski definition) is 3. The van der Waals surface area contributed by atoms with E-state index in [-0.39, 0.29) is 0 Å². The van der Waals surface area contributed by atoms with Crippen molar-refractivity contribution in [2.24, 2.45) is 4.99 Å². The number of aryl methyl sites for hydroxylation is 1. The second-order valence-corrected chi connectivity index (χ2v) is 3.61. The quantitative estimate of drug-likeness (QED) is 0.802. The monoisotopic (exact) mass is 204 g/mol. The Kier molecular flexibility index (Phi) is 2.90. The highest BCUT2D eigenvalue weighted by Gasteiger charge is 2.10. The number of nitrogens with one attached hydrogen (secondary N) is 1. The molecule has 0 amide bonds. The van der Waals surface area contributed by atoms with Gasteiger partial charge in [0.2, 0.25) is 0 Å². The average molecular weight is 204 g/mol. The predicted molar refractivity (Wildman–Crippen MR) is 62.4 cm³/mol. The third-order valence-corrected chi connectivity index (χ3v) is 2.59. The van der Waals surface area contributed by atoms with Crippen molar-refractivity contribution in [2.45, 2.75) is 20.3 Å². The van der Waals surface area contributed by atoms with Crippen LogP contribution in [0, 0.1) is 6.92 Å². The maximum atomic E-state index is 5.34.